The van der Waals surface area contributed by atoms with E-state index in [1.54, 1.807) is 0 Å². The Hall–Kier alpha value is -2.95. The Morgan fingerprint density at radius 2 is 1.56 bits per heavy atom. The molecule has 138 valence electrons. The van der Waals surface area contributed by atoms with Crippen molar-refractivity contribution < 1.29 is 4.79 Å². The minimum Gasteiger partial charge on any atom is -0.341 e. The number of rotatable bonds is 6. The number of nitrogens with zero attached hydrogens (tertiary/aromatic N) is 4. The van der Waals surface area contributed by atoms with Crippen molar-refractivity contribution in [3.05, 3.63) is 48.5 Å². The molecule has 2 aromatic heterocycles. The number of fused-ring (bicyclic) bond motifs is 4. The molecule has 0 N–H and O–H groups in total. The number of hydrogen-bond acceptors (Lipinski definition) is 3. The Bertz CT molecular complexity index is 1110. The van der Waals surface area contributed by atoms with Crippen LogP contribution in [0.15, 0.2) is 48.5 Å². The molecule has 0 spiro atoms. The molecule has 0 atom stereocenters. The highest BCUT2D eigenvalue weighted by molar-refractivity contribution is 6.07. The van der Waals surface area contributed by atoms with E-state index in [-0.39, 0.29) is 12.5 Å². The Balaban J connectivity index is 1.87. The van der Waals surface area contributed by atoms with Gasteiger partial charge in [-0.2, -0.15) is 0 Å². The lowest BCUT2D eigenvalue weighted by Gasteiger charge is -2.22. The number of aromatic nitrogens is 3. The summed E-state index contributed by atoms with van der Waals surface area (Å²) in [6.45, 7) is 6.08. The van der Waals surface area contributed by atoms with Crippen LogP contribution in [0.1, 0.15) is 26.7 Å². The second-order valence-corrected chi connectivity index (χ2v) is 6.87. The van der Waals surface area contributed by atoms with Gasteiger partial charge in [-0.05, 0) is 31.0 Å². The lowest BCUT2D eigenvalue weighted by atomic mass is 10.2. The van der Waals surface area contributed by atoms with E-state index in [4.69, 9.17) is 9.97 Å². The molecular formula is C22H24N4O. The summed E-state index contributed by atoms with van der Waals surface area (Å²) in [5.74, 6) is 0.135. The van der Waals surface area contributed by atoms with E-state index in [0.717, 1.165) is 59.0 Å². The van der Waals surface area contributed by atoms with Gasteiger partial charge in [0.15, 0.2) is 5.65 Å². The Kier molecular flexibility index (Phi) is 4.75. The summed E-state index contributed by atoms with van der Waals surface area (Å²) in [4.78, 5) is 24.6. The van der Waals surface area contributed by atoms with Crippen LogP contribution in [0, 0.1) is 0 Å². The van der Waals surface area contributed by atoms with Crippen LogP contribution >= 0.6 is 0 Å². The fraction of sp³-hybridized carbons (Fsp3) is 0.318. The summed E-state index contributed by atoms with van der Waals surface area (Å²) in [7, 11) is 0. The summed E-state index contributed by atoms with van der Waals surface area (Å²) < 4.78 is 2.02. The smallest absolute Gasteiger partial charge is 0.242 e. The molecule has 2 heterocycles. The first-order valence-corrected chi connectivity index (χ1v) is 9.64. The van der Waals surface area contributed by atoms with Gasteiger partial charge in [-0.25, -0.2) is 9.97 Å². The van der Waals surface area contributed by atoms with Gasteiger partial charge in [0.05, 0.1) is 16.6 Å². The van der Waals surface area contributed by atoms with Gasteiger partial charge >= 0.3 is 0 Å². The molecule has 0 aliphatic rings. The molecule has 0 saturated carbocycles. The summed E-state index contributed by atoms with van der Waals surface area (Å²) >= 11 is 0. The molecule has 5 heteroatoms. The fourth-order valence-electron chi connectivity index (χ4n) is 3.68. The second-order valence-electron chi connectivity index (χ2n) is 6.87. The molecule has 0 aliphatic heterocycles. The zero-order valence-corrected chi connectivity index (χ0v) is 15.9. The maximum atomic E-state index is 13.0. The van der Waals surface area contributed by atoms with Crippen molar-refractivity contribution in [2.75, 3.05) is 13.1 Å². The van der Waals surface area contributed by atoms with Crippen LogP contribution in [-0.2, 0) is 11.3 Å². The van der Waals surface area contributed by atoms with Crippen LogP contribution in [0.2, 0.25) is 0 Å². The first-order chi connectivity index (χ1) is 13.2. The maximum Gasteiger partial charge on any atom is 0.242 e. The van der Waals surface area contributed by atoms with Gasteiger partial charge in [-0.3, -0.25) is 4.79 Å². The first kappa shape index (κ1) is 17.5. The van der Waals surface area contributed by atoms with Crippen molar-refractivity contribution >= 4 is 39.0 Å². The van der Waals surface area contributed by atoms with Crippen LogP contribution in [0.25, 0.3) is 33.1 Å². The van der Waals surface area contributed by atoms with Gasteiger partial charge in [0.25, 0.3) is 0 Å². The number of amides is 1. The number of hydrogen-bond donors (Lipinski definition) is 0. The number of carbonyl (C=O) groups excluding carboxylic acids is 1. The van der Waals surface area contributed by atoms with Gasteiger partial charge in [0.1, 0.15) is 12.1 Å². The third kappa shape index (κ3) is 3.14. The predicted molar refractivity (Wildman–Crippen MR) is 110 cm³/mol. The molecule has 4 rings (SSSR count). The van der Waals surface area contributed by atoms with Crippen molar-refractivity contribution in [3.63, 3.8) is 0 Å². The lowest BCUT2D eigenvalue weighted by Crippen LogP contribution is -2.35. The van der Waals surface area contributed by atoms with E-state index in [0.29, 0.717) is 0 Å². The number of para-hydroxylation sites is 3. The van der Waals surface area contributed by atoms with Gasteiger partial charge in [-0.15, -0.1) is 0 Å². The highest BCUT2D eigenvalue weighted by Crippen LogP contribution is 2.28. The monoisotopic (exact) mass is 360 g/mol. The normalized spacial score (nSPS) is 11.5. The summed E-state index contributed by atoms with van der Waals surface area (Å²) in [5, 5.41) is 1.04. The van der Waals surface area contributed by atoms with Crippen molar-refractivity contribution in [1.29, 1.82) is 0 Å². The maximum absolute atomic E-state index is 13.0. The second kappa shape index (κ2) is 7.35. The molecule has 0 unspecified atom stereocenters. The zero-order chi connectivity index (χ0) is 18.8. The SMILES string of the molecule is CCCN(CCC)C(=O)Cn1c2ccccc2c2nc3ccccc3nc21. The molecule has 0 saturated heterocycles. The van der Waals surface area contributed by atoms with E-state index in [9.17, 15) is 4.79 Å². The summed E-state index contributed by atoms with van der Waals surface area (Å²) in [6, 6.07) is 16.0. The van der Waals surface area contributed by atoms with Crippen molar-refractivity contribution in [1.82, 2.24) is 19.4 Å². The Labute approximate surface area is 158 Å². The molecule has 2 aromatic carbocycles. The molecular weight excluding hydrogens is 336 g/mol. The molecule has 1 amide bonds. The molecule has 0 aliphatic carbocycles. The third-order valence-electron chi connectivity index (χ3n) is 4.89. The van der Waals surface area contributed by atoms with E-state index in [1.807, 2.05) is 51.9 Å². The van der Waals surface area contributed by atoms with E-state index in [1.165, 1.54) is 0 Å². The van der Waals surface area contributed by atoms with Gasteiger partial charge < -0.3 is 9.47 Å². The van der Waals surface area contributed by atoms with Crippen LogP contribution in [0.5, 0.6) is 0 Å². The largest absolute Gasteiger partial charge is 0.341 e. The van der Waals surface area contributed by atoms with Crippen molar-refractivity contribution in [3.8, 4) is 0 Å². The summed E-state index contributed by atoms with van der Waals surface area (Å²) in [5.41, 5.74) is 4.35. The average molecular weight is 360 g/mol. The fourth-order valence-corrected chi connectivity index (χ4v) is 3.68. The van der Waals surface area contributed by atoms with Crippen molar-refractivity contribution in [2.45, 2.75) is 33.2 Å². The Morgan fingerprint density at radius 1 is 0.926 bits per heavy atom. The van der Waals surface area contributed by atoms with Crippen LogP contribution < -0.4 is 0 Å². The zero-order valence-electron chi connectivity index (χ0n) is 15.9. The van der Waals surface area contributed by atoms with Crippen molar-refractivity contribution in [2.24, 2.45) is 0 Å². The third-order valence-corrected chi connectivity index (χ3v) is 4.89. The first-order valence-electron chi connectivity index (χ1n) is 9.64. The van der Waals surface area contributed by atoms with Crippen LogP contribution in [0.4, 0.5) is 0 Å². The van der Waals surface area contributed by atoms with Crippen LogP contribution in [-0.4, -0.2) is 38.4 Å². The van der Waals surface area contributed by atoms with Crippen LogP contribution in [0.3, 0.4) is 0 Å². The molecule has 4 aromatic rings. The quantitative estimate of drug-likeness (QED) is 0.512. The van der Waals surface area contributed by atoms with E-state index < -0.39 is 0 Å². The lowest BCUT2D eigenvalue weighted by molar-refractivity contribution is -0.131. The van der Waals surface area contributed by atoms with Gasteiger partial charge in [0, 0.05) is 18.5 Å². The predicted octanol–water partition coefficient (Wildman–Crippen LogP) is 4.39. The number of benzene rings is 2. The highest BCUT2D eigenvalue weighted by Gasteiger charge is 2.19. The average Bonchev–Trinajstić information content (AvgIpc) is 2.99. The van der Waals surface area contributed by atoms with Gasteiger partial charge in [0.2, 0.25) is 5.91 Å². The molecule has 5 nitrogen and oxygen atoms in total. The van der Waals surface area contributed by atoms with E-state index >= 15 is 0 Å². The minimum atomic E-state index is 0.135. The molecule has 0 bridgehead atoms. The molecule has 0 fully saturated rings. The Morgan fingerprint density at radius 3 is 2.26 bits per heavy atom. The summed E-state index contributed by atoms with van der Waals surface area (Å²) in [6.07, 6.45) is 1.92. The van der Waals surface area contributed by atoms with Gasteiger partial charge in [-0.1, -0.05) is 44.2 Å². The standard InChI is InChI=1S/C22H24N4O/c1-3-13-25(14-4-2)20(27)15-26-19-12-8-5-9-16(19)21-22(26)24-18-11-7-6-10-17(18)23-21/h5-12H,3-4,13-15H2,1-2H3. The highest BCUT2D eigenvalue weighted by atomic mass is 16.2. The molecule has 27 heavy (non-hydrogen) atoms. The number of carbonyl (C=O) groups is 1. The minimum absolute atomic E-state index is 0.135. The molecule has 0 radical (unpaired) electrons. The van der Waals surface area contributed by atoms with E-state index in [2.05, 4.69) is 19.9 Å². The topological polar surface area (TPSA) is 51.0 Å².